The molecule has 2 aliphatic rings. The molecule has 2 saturated carbocycles. The molecule has 1 aromatic carbocycles. The maximum Gasteiger partial charge on any atom is 0.149 e. The number of rotatable bonds is 4. The predicted molar refractivity (Wildman–Crippen MR) is 79.6 cm³/mol. The number of aromatic nitrogens is 2. The van der Waals surface area contributed by atoms with Gasteiger partial charge in [0.15, 0.2) is 0 Å². The number of H-pyrrole nitrogens is 1. The summed E-state index contributed by atoms with van der Waals surface area (Å²) in [6.45, 7) is 2.11. The summed E-state index contributed by atoms with van der Waals surface area (Å²) in [5, 5.41) is 18.6. The molecule has 112 valence electrons. The van der Waals surface area contributed by atoms with Crippen LogP contribution < -0.4 is 0 Å². The number of hydrogen-bond donors (Lipinski definition) is 2. The number of aliphatic hydroxyl groups is 1. The van der Waals surface area contributed by atoms with Crippen molar-refractivity contribution in [2.45, 2.75) is 38.7 Å². The minimum atomic E-state index is -0.848. The Bertz CT molecular complexity index is 694. The Morgan fingerprint density at radius 1 is 1.38 bits per heavy atom. The zero-order valence-corrected chi connectivity index (χ0v) is 12.6. The summed E-state index contributed by atoms with van der Waals surface area (Å²) < 4.78 is 14.6. The zero-order chi connectivity index (χ0) is 14.8. The van der Waals surface area contributed by atoms with Crippen LogP contribution in [0.1, 0.15) is 44.3 Å². The Morgan fingerprint density at radius 2 is 2.00 bits per heavy atom. The lowest BCUT2D eigenvalue weighted by Crippen LogP contribution is -2.31. The van der Waals surface area contributed by atoms with E-state index >= 15 is 0 Å². The first-order chi connectivity index (χ1) is 10.0. The van der Waals surface area contributed by atoms with Gasteiger partial charge in [-0.1, -0.05) is 18.5 Å². The van der Waals surface area contributed by atoms with Gasteiger partial charge in [0, 0.05) is 16.4 Å². The molecule has 1 atom stereocenters. The fourth-order valence-corrected chi connectivity index (χ4v) is 4.04. The number of nitrogens with one attached hydrogen (secondary N) is 1. The predicted octanol–water partition coefficient (Wildman–Crippen LogP) is 4.22. The molecule has 1 heterocycles. The van der Waals surface area contributed by atoms with Crippen LogP contribution in [-0.2, 0) is 0 Å². The van der Waals surface area contributed by atoms with Gasteiger partial charge in [-0.3, -0.25) is 5.10 Å². The first-order valence-electron chi connectivity index (χ1n) is 7.52. The van der Waals surface area contributed by atoms with Crippen LogP contribution >= 0.6 is 11.6 Å². The summed E-state index contributed by atoms with van der Waals surface area (Å²) in [5.74, 6) is 0.446. The highest BCUT2D eigenvalue weighted by Crippen LogP contribution is 2.63. The van der Waals surface area contributed by atoms with Crippen molar-refractivity contribution >= 4 is 22.5 Å². The van der Waals surface area contributed by atoms with Crippen LogP contribution in [0.15, 0.2) is 12.3 Å². The smallest absolute Gasteiger partial charge is 0.149 e. The maximum absolute atomic E-state index is 14.6. The number of benzene rings is 1. The lowest BCUT2D eigenvalue weighted by atomic mass is 9.72. The minimum absolute atomic E-state index is 0.0480. The van der Waals surface area contributed by atoms with Crippen LogP contribution in [0.5, 0.6) is 0 Å². The van der Waals surface area contributed by atoms with E-state index in [2.05, 4.69) is 17.1 Å². The van der Waals surface area contributed by atoms with E-state index in [1.165, 1.54) is 0 Å². The van der Waals surface area contributed by atoms with Gasteiger partial charge < -0.3 is 5.11 Å². The fourth-order valence-electron chi connectivity index (χ4n) is 3.82. The Balaban J connectivity index is 1.88. The molecule has 0 radical (unpaired) electrons. The molecule has 0 amide bonds. The Labute approximate surface area is 127 Å². The molecule has 0 saturated heterocycles. The first-order valence-corrected chi connectivity index (χ1v) is 7.90. The molecule has 2 fully saturated rings. The number of halogens is 2. The molecule has 0 bridgehead atoms. The second-order valence-corrected chi connectivity index (χ2v) is 7.14. The number of nitrogens with zero attached hydrogens (tertiary/aromatic N) is 1. The van der Waals surface area contributed by atoms with Gasteiger partial charge in [0.25, 0.3) is 0 Å². The Hall–Kier alpha value is -1.13. The van der Waals surface area contributed by atoms with Crippen molar-refractivity contribution in [1.29, 1.82) is 0 Å². The molecular formula is C16H18ClFN2O. The lowest BCUT2D eigenvalue weighted by molar-refractivity contribution is -0.0000137. The Kier molecular flexibility index (Phi) is 2.86. The zero-order valence-electron chi connectivity index (χ0n) is 11.9. The largest absolute Gasteiger partial charge is 0.388 e. The quantitative estimate of drug-likeness (QED) is 0.888. The summed E-state index contributed by atoms with van der Waals surface area (Å²) in [7, 11) is 0. The van der Waals surface area contributed by atoms with E-state index in [1.807, 2.05) is 0 Å². The van der Waals surface area contributed by atoms with Gasteiger partial charge >= 0.3 is 0 Å². The average molecular weight is 309 g/mol. The standard InChI is InChI=1S/C16H18ClFN2O/c1-16(9-2-3-9,10-4-5-10)15(21)12-13(18)11(17)6-8-7-19-20-14(8)12/h6-7,9-10,15,21H,2-5H2,1H3,(H,19,20). The summed E-state index contributed by atoms with van der Waals surface area (Å²) >= 11 is 6.01. The minimum Gasteiger partial charge on any atom is -0.388 e. The number of fused-ring (bicyclic) bond motifs is 1. The molecule has 0 spiro atoms. The van der Waals surface area contributed by atoms with Gasteiger partial charge in [-0.05, 0) is 43.6 Å². The van der Waals surface area contributed by atoms with Crippen LogP contribution in [0.3, 0.4) is 0 Å². The monoisotopic (exact) mass is 308 g/mol. The molecule has 2 aromatic rings. The van der Waals surface area contributed by atoms with Crippen LogP contribution in [0, 0.1) is 23.1 Å². The molecular weight excluding hydrogens is 291 g/mol. The van der Waals surface area contributed by atoms with Crippen LogP contribution in [-0.4, -0.2) is 15.3 Å². The van der Waals surface area contributed by atoms with Crippen molar-refractivity contribution in [2.24, 2.45) is 17.3 Å². The second kappa shape index (κ2) is 4.43. The third-order valence-electron chi connectivity index (χ3n) is 5.44. The van der Waals surface area contributed by atoms with E-state index in [4.69, 9.17) is 11.6 Å². The Morgan fingerprint density at radius 3 is 2.57 bits per heavy atom. The van der Waals surface area contributed by atoms with E-state index in [-0.39, 0.29) is 16.0 Å². The van der Waals surface area contributed by atoms with Crippen molar-refractivity contribution in [3.05, 3.63) is 28.7 Å². The molecule has 0 aliphatic heterocycles. The molecule has 2 aliphatic carbocycles. The SMILES string of the molecule is CC(C1CC1)(C1CC1)C(O)c1c(F)c(Cl)cc2cn[nH]c12. The summed E-state index contributed by atoms with van der Waals surface area (Å²) in [6, 6.07) is 1.55. The number of aliphatic hydroxyl groups excluding tert-OH is 1. The van der Waals surface area contributed by atoms with Gasteiger partial charge in [-0.2, -0.15) is 5.10 Å². The third kappa shape index (κ3) is 1.92. The van der Waals surface area contributed by atoms with Crippen LogP contribution in [0.2, 0.25) is 5.02 Å². The summed E-state index contributed by atoms with van der Waals surface area (Å²) in [6.07, 6.45) is 5.26. The van der Waals surface area contributed by atoms with Crippen molar-refractivity contribution in [2.75, 3.05) is 0 Å². The molecule has 21 heavy (non-hydrogen) atoms. The third-order valence-corrected chi connectivity index (χ3v) is 5.72. The van der Waals surface area contributed by atoms with E-state index in [9.17, 15) is 9.50 Å². The molecule has 5 heteroatoms. The van der Waals surface area contributed by atoms with E-state index in [0.717, 1.165) is 31.1 Å². The average Bonchev–Trinajstić information content (AvgIpc) is 3.35. The molecule has 4 rings (SSSR count). The van der Waals surface area contributed by atoms with Crippen molar-refractivity contribution in [3.63, 3.8) is 0 Å². The maximum atomic E-state index is 14.6. The highest BCUT2D eigenvalue weighted by atomic mass is 35.5. The highest BCUT2D eigenvalue weighted by molar-refractivity contribution is 6.31. The van der Waals surface area contributed by atoms with Gasteiger partial charge in [0.2, 0.25) is 0 Å². The topological polar surface area (TPSA) is 48.9 Å². The van der Waals surface area contributed by atoms with Crippen molar-refractivity contribution < 1.29 is 9.50 Å². The van der Waals surface area contributed by atoms with Gasteiger partial charge in [-0.25, -0.2) is 4.39 Å². The summed E-state index contributed by atoms with van der Waals surface area (Å²) in [4.78, 5) is 0. The van der Waals surface area contributed by atoms with Crippen LogP contribution in [0.25, 0.3) is 10.9 Å². The first kappa shape index (κ1) is 13.5. The summed E-state index contributed by atoms with van der Waals surface area (Å²) in [5.41, 5.74) is 0.594. The van der Waals surface area contributed by atoms with E-state index < -0.39 is 11.9 Å². The fraction of sp³-hybridized carbons (Fsp3) is 0.562. The number of hydrogen-bond acceptors (Lipinski definition) is 2. The van der Waals surface area contributed by atoms with Gasteiger partial charge in [0.1, 0.15) is 5.82 Å². The molecule has 1 aromatic heterocycles. The second-order valence-electron chi connectivity index (χ2n) is 6.74. The molecule has 2 N–H and O–H groups in total. The number of aromatic amines is 1. The van der Waals surface area contributed by atoms with Crippen molar-refractivity contribution in [1.82, 2.24) is 10.2 Å². The normalized spacial score (nSPS) is 21.0. The highest BCUT2D eigenvalue weighted by Gasteiger charge is 2.56. The molecule has 3 nitrogen and oxygen atoms in total. The van der Waals surface area contributed by atoms with Gasteiger partial charge in [0.05, 0.1) is 22.8 Å². The van der Waals surface area contributed by atoms with Crippen molar-refractivity contribution in [3.8, 4) is 0 Å². The van der Waals surface area contributed by atoms with Gasteiger partial charge in [-0.15, -0.1) is 0 Å². The molecule has 1 unspecified atom stereocenters. The van der Waals surface area contributed by atoms with Crippen LogP contribution in [0.4, 0.5) is 4.39 Å². The lowest BCUT2D eigenvalue weighted by Gasteiger charge is -2.36. The van der Waals surface area contributed by atoms with E-state index in [1.54, 1.807) is 12.3 Å². The van der Waals surface area contributed by atoms with E-state index in [0.29, 0.717) is 17.4 Å².